The molecule has 0 spiro atoms. The first kappa shape index (κ1) is 12.2. The van der Waals surface area contributed by atoms with E-state index in [-0.39, 0.29) is 5.82 Å². The highest BCUT2D eigenvalue weighted by Gasteiger charge is 2.26. The number of halogens is 1. The molecule has 4 rings (SSSR count). The lowest BCUT2D eigenvalue weighted by atomic mass is 10.1. The third-order valence-electron chi connectivity index (χ3n) is 3.76. The number of nitrogens with one attached hydrogen (secondary N) is 1. The van der Waals surface area contributed by atoms with Crippen molar-refractivity contribution in [3.05, 3.63) is 53.3 Å². The quantitative estimate of drug-likeness (QED) is 0.875. The van der Waals surface area contributed by atoms with Gasteiger partial charge in [0.2, 0.25) is 0 Å². The summed E-state index contributed by atoms with van der Waals surface area (Å²) in [6.45, 7) is 1.64. The smallest absolute Gasteiger partial charge is 0.163 e. The molecule has 0 amide bonds. The molecule has 2 aromatic carbocycles. The van der Waals surface area contributed by atoms with Crippen LogP contribution in [0.25, 0.3) is 0 Å². The summed E-state index contributed by atoms with van der Waals surface area (Å²) < 4.78 is 24.4. The number of amidine groups is 1. The van der Waals surface area contributed by atoms with Crippen molar-refractivity contribution in [2.24, 2.45) is 0 Å². The van der Waals surface area contributed by atoms with E-state index in [0.29, 0.717) is 36.9 Å². The number of hydrogen-bond donors (Lipinski definition) is 1. The molecule has 0 atom stereocenters. The lowest BCUT2D eigenvalue weighted by molar-refractivity contribution is 0.171. The molecule has 21 heavy (non-hydrogen) atoms. The van der Waals surface area contributed by atoms with Crippen molar-refractivity contribution >= 4 is 11.5 Å². The third-order valence-corrected chi connectivity index (χ3v) is 3.76. The monoisotopic (exact) mass is 284 g/mol. The van der Waals surface area contributed by atoms with Crippen molar-refractivity contribution in [2.45, 2.75) is 6.54 Å². The Labute approximate surface area is 121 Å². The van der Waals surface area contributed by atoms with Crippen molar-refractivity contribution in [2.75, 3.05) is 18.1 Å². The van der Waals surface area contributed by atoms with Crippen LogP contribution in [-0.2, 0) is 6.54 Å². The van der Waals surface area contributed by atoms with Crippen molar-refractivity contribution in [1.82, 2.24) is 0 Å². The Kier molecular flexibility index (Phi) is 2.60. The van der Waals surface area contributed by atoms with Crippen molar-refractivity contribution in [3.63, 3.8) is 0 Å². The van der Waals surface area contributed by atoms with Crippen LogP contribution in [-0.4, -0.2) is 19.0 Å². The minimum atomic E-state index is -0.317. The maximum Gasteiger partial charge on any atom is 0.163 e. The van der Waals surface area contributed by atoms with Gasteiger partial charge >= 0.3 is 0 Å². The number of fused-ring (bicyclic) bond motifs is 2. The summed E-state index contributed by atoms with van der Waals surface area (Å²) in [5.74, 6) is 1.40. The minimum Gasteiger partial charge on any atom is -0.486 e. The second-order valence-corrected chi connectivity index (χ2v) is 5.06. The van der Waals surface area contributed by atoms with Gasteiger partial charge in [-0.2, -0.15) is 0 Å². The molecule has 106 valence electrons. The van der Waals surface area contributed by atoms with E-state index >= 15 is 0 Å². The van der Waals surface area contributed by atoms with E-state index in [2.05, 4.69) is 0 Å². The molecule has 0 saturated heterocycles. The van der Waals surface area contributed by atoms with E-state index in [1.807, 2.05) is 23.1 Å². The summed E-state index contributed by atoms with van der Waals surface area (Å²) in [5.41, 5.74) is 2.45. The van der Waals surface area contributed by atoms with E-state index in [9.17, 15) is 4.39 Å². The molecule has 2 heterocycles. The third kappa shape index (κ3) is 1.93. The van der Waals surface area contributed by atoms with Gasteiger partial charge in [0, 0.05) is 17.3 Å². The Morgan fingerprint density at radius 3 is 2.67 bits per heavy atom. The Bertz CT molecular complexity index is 745. The summed E-state index contributed by atoms with van der Waals surface area (Å²) in [6, 6.07) is 10.2. The number of benzene rings is 2. The van der Waals surface area contributed by atoms with Gasteiger partial charge in [-0.1, -0.05) is 6.07 Å². The molecule has 0 aromatic heterocycles. The molecule has 4 nitrogen and oxygen atoms in total. The van der Waals surface area contributed by atoms with Crippen LogP contribution < -0.4 is 14.4 Å². The van der Waals surface area contributed by atoms with Crippen molar-refractivity contribution in [1.29, 1.82) is 5.41 Å². The molecule has 0 saturated carbocycles. The Hall–Kier alpha value is -2.56. The minimum absolute atomic E-state index is 0.307. The highest BCUT2D eigenvalue weighted by Crippen LogP contribution is 2.36. The van der Waals surface area contributed by atoms with Gasteiger partial charge in [0.1, 0.15) is 24.9 Å². The zero-order valence-electron chi connectivity index (χ0n) is 11.2. The molecule has 5 heteroatoms. The fourth-order valence-electron chi connectivity index (χ4n) is 2.72. The molecule has 0 bridgehead atoms. The van der Waals surface area contributed by atoms with E-state index in [0.717, 1.165) is 17.0 Å². The normalized spacial score (nSPS) is 16.0. The van der Waals surface area contributed by atoms with Crippen molar-refractivity contribution in [3.8, 4) is 11.5 Å². The zero-order valence-corrected chi connectivity index (χ0v) is 11.2. The van der Waals surface area contributed by atoms with E-state index in [4.69, 9.17) is 14.9 Å². The molecular weight excluding hydrogens is 271 g/mol. The van der Waals surface area contributed by atoms with E-state index in [1.54, 1.807) is 6.07 Å². The zero-order chi connectivity index (χ0) is 14.4. The molecule has 0 aliphatic carbocycles. The van der Waals surface area contributed by atoms with Gasteiger partial charge in [-0.25, -0.2) is 4.39 Å². The SMILES string of the molecule is N=C1c2cc(F)ccc2CN1c1ccc2c(c1)OCCO2. The standard InChI is InChI=1S/C16H13FN2O2/c17-11-2-1-10-9-19(16(18)13(10)7-11)12-3-4-14-15(8-12)21-6-5-20-14/h1-4,7-8,18H,5-6,9H2. The van der Waals surface area contributed by atoms with Gasteiger partial charge in [-0.05, 0) is 29.8 Å². The molecule has 0 radical (unpaired) electrons. The predicted octanol–water partition coefficient (Wildman–Crippen LogP) is 2.94. The highest BCUT2D eigenvalue weighted by atomic mass is 19.1. The first-order chi connectivity index (χ1) is 10.2. The number of hydrogen-bond acceptors (Lipinski definition) is 3. The van der Waals surface area contributed by atoms with Gasteiger partial charge in [-0.3, -0.25) is 5.41 Å². The molecule has 2 aliphatic heterocycles. The summed E-state index contributed by atoms with van der Waals surface area (Å²) in [7, 11) is 0. The molecule has 0 unspecified atom stereocenters. The van der Waals surface area contributed by atoms with Crippen LogP contribution in [0.4, 0.5) is 10.1 Å². The lowest BCUT2D eigenvalue weighted by Gasteiger charge is -2.23. The lowest BCUT2D eigenvalue weighted by Crippen LogP contribution is -2.23. The summed E-state index contributed by atoms with van der Waals surface area (Å²) in [5, 5.41) is 8.25. The van der Waals surface area contributed by atoms with Gasteiger partial charge in [0.25, 0.3) is 0 Å². The van der Waals surface area contributed by atoms with E-state index in [1.165, 1.54) is 12.1 Å². The van der Waals surface area contributed by atoms with Gasteiger partial charge in [-0.15, -0.1) is 0 Å². The first-order valence-corrected chi connectivity index (χ1v) is 6.77. The second-order valence-electron chi connectivity index (χ2n) is 5.06. The van der Waals surface area contributed by atoms with Crippen LogP contribution in [0.5, 0.6) is 11.5 Å². The summed E-state index contributed by atoms with van der Waals surface area (Å²) >= 11 is 0. The molecule has 2 aliphatic rings. The fraction of sp³-hybridized carbons (Fsp3) is 0.188. The van der Waals surface area contributed by atoms with Crippen LogP contribution in [0.3, 0.4) is 0 Å². The van der Waals surface area contributed by atoms with Crippen molar-refractivity contribution < 1.29 is 13.9 Å². The van der Waals surface area contributed by atoms with Gasteiger partial charge in [0.15, 0.2) is 11.5 Å². The van der Waals surface area contributed by atoms with Crippen LogP contribution in [0, 0.1) is 11.2 Å². The maximum atomic E-state index is 13.3. The van der Waals surface area contributed by atoms with Crippen LogP contribution in [0.2, 0.25) is 0 Å². The number of rotatable bonds is 1. The topological polar surface area (TPSA) is 45.6 Å². The number of nitrogens with zero attached hydrogens (tertiary/aromatic N) is 1. The number of anilines is 1. The van der Waals surface area contributed by atoms with Crippen LogP contribution >= 0.6 is 0 Å². The number of ether oxygens (including phenoxy) is 2. The molecule has 0 fully saturated rings. The average molecular weight is 284 g/mol. The van der Waals surface area contributed by atoms with E-state index < -0.39 is 0 Å². The Morgan fingerprint density at radius 2 is 1.81 bits per heavy atom. The maximum absolute atomic E-state index is 13.3. The highest BCUT2D eigenvalue weighted by molar-refractivity contribution is 6.11. The first-order valence-electron chi connectivity index (χ1n) is 6.77. The van der Waals surface area contributed by atoms with Gasteiger partial charge in [0.05, 0.1) is 6.54 Å². The summed E-state index contributed by atoms with van der Waals surface area (Å²) in [6.07, 6.45) is 0. The average Bonchev–Trinajstić information content (AvgIpc) is 2.84. The molecule has 1 N–H and O–H groups in total. The van der Waals surface area contributed by atoms with Crippen LogP contribution in [0.1, 0.15) is 11.1 Å². The van der Waals surface area contributed by atoms with Crippen LogP contribution in [0.15, 0.2) is 36.4 Å². The summed E-state index contributed by atoms with van der Waals surface area (Å²) in [4.78, 5) is 1.84. The predicted molar refractivity (Wildman–Crippen MR) is 76.8 cm³/mol. The molecular formula is C16H13FN2O2. The Balaban J connectivity index is 1.71. The Morgan fingerprint density at radius 1 is 1.00 bits per heavy atom. The fourth-order valence-corrected chi connectivity index (χ4v) is 2.72. The second kappa shape index (κ2) is 4.48. The van der Waals surface area contributed by atoms with Gasteiger partial charge < -0.3 is 14.4 Å². The molecule has 2 aromatic rings. The largest absolute Gasteiger partial charge is 0.486 e.